The zero-order valence-electron chi connectivity index (χ0n) is 13.4. The highest BCUT2D eigenvalue weighted by molar-refractivity contribution is 5.84. The number of nitrogens with one attached hydrogen (secondary N) is 2. The molecule has 0 saturated carbocycles. The number of nitrogens with zero attached hydrogens (tertiary/aromatic N) is 2. The summed E-state index contributed by atoms with van der Waals surface area (Å²) in [6.45, 7) is 1.95. The third-order valence-electron chi connectivity index (χ3n) is 4.23. The molecule has 2 amide bonds. The zero-order valence-corrected chi connectivity index (χ0v) is 13.4. The van der Waals surface area contributed by atoms with Gasteiger partial charge in [0.05, 0.1) is 24.5 Å². The summed E-state index contributed by atoms with van der Waals surface area (Å²) in [5.41, 5.74) is 1.86. The largest absolute Gasteiger partial charge is 0.347 e. The Morgan fingerprint density at radius 3 is 2.92 bits per heavy atom. The molecule has 126 valence electrons. The number of rotatable bonds is 4. The molecule has 0 radical (unpaired) electrons. The molecule has 1 aromatic heterocycles. The van der Waals surface area contributed by atoms with Crippen LogP contribution >= 0.6 is 0 Å². The lowest BCUT2D eigenvalue weighted by Crippen LogP contribution is -2.39. The molecule has 2 heterocycles. The lowest BCUT2D eigenvalue weighted by molar-refractivity contribution is -0.133. The molecule has 1 fully saturated rings. The molecular weight excluding hydrogens is 311 g/mol. The fourth-order valence-corrected chi connectivity index (χ4v) is 3.11. The van der Waals surface area contributed by atoms with Gasteiger partial charge in [0.15, 0.2) is 0 Å². The summed E-state index contributed by atoms with van der Waals surface area (Å²) in [5.74, 6) is -0.719. The van der Waals surface area contributed by atoms with Crippen LogP contribution in [0.2, 0.25) is 0 Å². The van der Waals surface area contributed by atoms with Crippen LogP contribution in [0.4, 0.5) is 4.39 Å². The van der Waals surface area contributed by atoms with E-state index in [-0.39, 0.29) is 30.2 Å². The van der Waals surface area contributed by atoms with Crippen LogP contribution in [0.3, 0.4) is 0 Å². The van der Waals surface area contributed by atoms with Crippen LogP contribution in [-0.4, -0.2) is 40.0 Å². The Morgan fingerprint density at radius 2 is 2.17 bits per heavy atom. The molecule has 2 N–H and O–H groups in total. The van der Waals surface area contributed by atoms with E-state index in [1.807, 2.05) is 0 Å². The summed E-state index contributed by atoms with van der Waals surface area (Å²) in [6.07, 6.45) is 3.21. The first-order valence-electron chi connectivity index (χ1n) is 7.90. The summed E-state index contributed by atoms with van der Waals surface area (Å²) in [5, 5.41) is 9.51. The van der Waals surface area contributed by atoms with Crippen molar-refractivity contribution in [3.63, 3.8) is 0 Å². The van der Waals surface area contributed by atoms with E-state index >= 15 is 0 Å². The number of hydrogen-bond acceptors (Lipinski definition) is 3. The SMILES string of the molecule is CC(=O)NCC(=O)N1CCC[C@@H]1c1[nH]ncc1-c1ccccc1F. The van der Waals surface area contributed by atoms with Gasteiger partial charge in [-0.2, -0.15) is 5.10 Å². The van der Waals surface area contributed by atoms with Gasteiger partial charge in [0.1, 0.15) is 5.82 Å². The van der Waals surface area contributed by atoms with Crippen LogP contribution in [0.5, 0.6) is 0 Å². The van der Waals surface area contributed by atoms with E-state index in [2.05, 4.69) is 15.5 Å². The van der Waals surface area contributed by atoms with E-state index in [0.29, 0.717) is 17.7 Å². The van der Waals surface area contributed by atoms with Crippen LogP contribution in [0.15, 0.2) is 30.5 Å². The smallest absolute Gasteiger partial charge is 0.242 e. The second-order valence-corrected chi connectivity index (χ2v) is 5.83. The third-order valence-corrected chi connectivity index (χ3v) is 4.23. The first-order chi connectivity index (χ1) is 11.6. The maximum atomic E-state index is 14.1. The molecule has 24 heavy (non-hydrogen) atoms. The maximum absolute atomic E-state index is 14.1. The lowest BCUT2D eigenvalue weighted by Gasteiger charge is -2.25. The molecule has 3 rings (SSSR count). The Morgan fingerprint density at radius 1 is 1.38 bits per heavy atom. The predicted octanol–water partition coefficient (Wildman–Crippen LogP) is 2.02. The Labute approximate surface area is 139 Å². The van der Waals surface area contributed by atoms with Crippen LogP contribution in [0, 0.1) is 5.82 Å². The zero-order chi connectivity index (χ0) is 17.1. The second-order valence-electron chi connectivity index (χ2n) is 5.83. The van der Waals surface area contributed by atoms with Crippen LogP contribution < -0.4 is 5.32 Å². The number of benzene rings is 1. The Bertz CT molecular complexity index is 759. The van der Waals surface area contributed by atoms with E-state index in [0.717, 1.165) is 18.5 Å². The van der Waals surface area contributed by atoms with E-state index in [1.54, 1.807) is 29.3 Å². The normalized spacial score (nSPS) is 17.1. The molecule has 1 saturated heterocycles. The Hall–Kier alpha value is -2.70. The quantitative estimate of drug-likeness (QED) is 0.900. The minimum atomic E-state index is -0.325. The minimum Gasteiger partial charge on any atom is -0.347 e. The molecule has 6 nitrogen and oxygen atoms in total. The van der Waals surface area contributed by atoms with Gasteiger partial charge in [0.2, 0.25) is 11.8 Å². The van der Waals surface area contributed by atoms with Crippen molar-refractivity contribution in [2.24, 2.45) is 0 Å². The summed E-state index contributed by atoms with van der Waals surface area (Å²) in [4.78, 5) is 25.1. The van der Waals surface area contributed by atoms with Crippen molar-refractivity contribution >= 4 is 11.8 Å². The predicted molar refractivity (Wildman–Crippen MR) is 86.4 cm³/mol. The van der Waals surface area contributed by atoms with Crippen LogP contribution in [0.25, 0.3) is 11.1 Å². The molecule has 1 aliphatic heterocycles. The van der Waals surface area contributed by atoms with Crippen LogP contribution in [-0.2, 0) is 9.59 Å². The highest BCUT2D eigenvalue weighted by Crippen LogP contribution is 2.37. The molecule has 1 atom stereocenters. The Kier molecular flexibility index (Phi) is 4.59. The van der Waals surface area contributed by atoms with Gasteiger partial charge < -0.3 is 10.2 Å². The number of aromatic nitrogens is 2. The molecular formula is C17H19FN4O2. The van der Waals surface area contributed by atoms with Crippen molar-refractivity contribution in [3.05, 3.63) is 42.0 Å². The average molecular weight is 330 g/mol. The average Bonchev–Trinajstić information content (AvgIpc) is 3.21. The van der Waals surface area contributed by atoms with E-state index in [4.69, 9.17) is 0 Å². The Balaban J connectivity index is 1.87. The second kappa shape index (κ2) is 6.82. The van der Waals surface area contributed by atoms with E-state index < -0.39 is 0 Å². The molecule has 0 spiro atoms. The highest BCUT2D eigenvalue weighted by Gasteiger charge is 2.33. The highest BCUT2D eigenvalue weighted by atomic mass is 19.1. The van der Waals surface area contributed by atoms with E-state index in [9.17, 15) is 14.0 Å². The number of carbonyl (C=O) groups is 2. The number of aromatic amines is 1. The number of H-pyrrole nitrogens is 1. The third kappa shape index (κ3) is 3.15. The van der Waals surface area contributed by atoms with Gasteiger partial charge in [0, 0.05) is 24.6 Å². The van der Waals surface area contributed by atoms with Gasteiger partial charge in [-0.15, -0.1) is 0 Å². The first kappa shape index (κ1) is 16.2. The first-order valence-corrected chi connectivity index (χ1v) is 7.90. The minimum absolute atomic E-state index is 0.0327. The number of likely N-dealkylation sites (tertiary alicyclic amines) is 1. The number of amides is 2. The molecule has 2 aromatic rings. The molecule has 1 aromatic carbocycles. The number of halogens is 1. The van der Waals surface area contributed by atoms with Crippen molar-refractivity contribution in [2.45, 2.75) is 25.8 Å². The molecule has 0 bridgehead atoms. The summed E-state index contributed by atoms with van der Waals surface area (Å²) in [7, 11) is 0. The van der Waals surface area contributed by atoms with Gasteiger partial charge >= 0.3 is 0 Å². The van der Waals surface area contributed by atoms with Crippen molar-refractivity contribution in [3.8, 4) is 11.1 Å². The van der Waals surface area contributed by atoms with E-state index in [1.165, 1.54) is 13.0 Å². The van der Waals surface area contributed by atoms with Gasteiger partial charge in [-0.1, -0.05) is 18.2 Å². The van der Waals surface area contributed by atoms with Gasteiger partial charge in [-0.3, -0.25) is 14.7 Å². The summed E-state index contributed by atoms with van der Waals surface area (Å²) < 4.78 is 14.1. The summed E-state index contributed by atoms with van der Waals surface area (Å²) >= 11 is 0. The number of carbonyl (C=O) groups excluding carboxylic acids is 2. The van der Waals surface area contributed by atoms with Crippen molar-refractivity contribution in [1.29, 1.82) is 0 Å². The topological polar surface area (TPSA) is 78.1 Å². The summed E-state index contributed by atoms with van der Waals surface area (Å²) in [6, 6.07) is 6.31. The lowest BCUT2D eigenvalue weighted by atomic mass is 10.0. The van der Waals surface area contributed by atoms with Gasteiger partial charge in [-0.05, 0) is 18.9 Å². The van der Waals surface area contributed by atoms with Gasteiger partial charge in [-0.25, -0.2) is 4.39 Å². The fourth-order valence-electron chi connectivity index (χ4n) is 3.11. The molecule has 0 aliphatic carbocycles. The van der Waals surface area contributed by atoms with Crippen molar-refractivity contribution in [2.75, 3.05) is 13.1 Å². The standard InChI is InChI=1S/C17H19FN4O2/c1-11(23)19-10-16(24)22-8-4-7-15(22)17-13(9-20-21-17)12-5-2-3-6-14(12)18/h2-3,5-6,9,15H,4,7-8,10H2,1H3,(H,19,23)(H,20,21)/t15-/m1/s1. The van der Waals surface area contributed by atoms with Crippen molar-refractivity contribution < 1.29 is 14.0 Å². The van der Waals surface area contributed by atoms with Crippen LogP contribution in [0.1, 0.15) is 31.5 Å². The maximum Gasteiger partial charge on any atom is 0.242 e. The monoisotopic (exact) mass is 330 g/mol. The molecule has 1 aliphatic rings. The fraction of sp³-hybridized carbons (Fsp3) is 0.353. The molecule has 7 heteroatoms. The van der Waals surface area contributed by atoms with Gasteiger partial charge in [0.25, 0.3) is 0 Å². The number of hydrogen-bond donors (Lipinski definition) is 2. The molecule has 0 unspecified atom stereocenters. The van der Waals surface area contributed by atoms with Crippen molar-refractivity contribution in [1.82, 2.24) is 20.4 Å².